The number of carbonyl (C=O) groups is 1. The van der Waals surface area contributed by atoms with E-state index >= 15 is 0 Å². The number of phenolic OH excluding ortho intramolecular Hbond substituents is 1. The largest absolute Gasteiger partial charge is 0.508 e. The van der Waals surface area contributed by atoms with E-state index in [4.69, 9.17) is 9.52 Å². The van der Waals surface area contributed by atoms with E-state index in [0.29, 0.717) is 12.3 Å². The summed E-state index contributed by atoms with van der Waals surface area (Å²) in [7, 11) is 0. The van der Waals surface area contributed by atoms with Crippen molar-refractivity contribution in [2.24, 2.45) is 0 Å². The molecule has 0 radical (unpaired) electrons. The second kappa shape index (κ2) is 4.83. The van der Waals surface area contributed by atoms with Crippen LogP contribution in [0.4, 0.5) is 5.69 Å². The van der Waals surface area contributed by atoms with Gasteiger partial charge in [-0.2, -0.15) is 0 Å². The number of phenols is 1. The summed E-state index contributed by atoms with van der Waals surface area (Å²) in [4.78, 5) is 10.7. The van der Waals surface area contributed by atoms with Crippen molar-refractivity contribution in [3.05, 3.63) is 47.4 Å². The van der Waals surface area contributed by atoms with Crippen LogP contribution in [0.2, 0.25) is 0 Å². The van der Waals surface area contributed by atoms with Crippen LogP contribution in [0.5, 0.6) is 5.75 Å². The Balaban J connectivity index is 2.02. The fourth-order valence-corrected chi connectivity index (χ4v) is 1.49. The first-order chi connectivity index (χ1) is 8.56. The minimum Gasteiger partial charge on any atom is -0.508 e. The number of aryl methyl sites for hydroxylation is 1. The molecule has 0 fully saturated rings. The summed E-state index contributed by atoms with van der Waals surface area (Å²) >= 11 is 0. The Morgan fingerprint density at radius 2 is 2.17 bits per heavy atom. The minimum absolute atomic E-state index is 0.124. The maximum absolute atomic E-state index is 10.7. The highest BCUT2D eigenvalue weighted by atomic mass is 16.4. The Hall–Kier alpha value is -2.43. The molecule has 1 aromatic heterocycles. The Labute approximate surface area is 104 Å². The predicted octanol–water partition coefficient (Wildman–Crippen LogP) is 2.60. The first-order valence-electron chi connectivity index (χ1n) is 5.40. The number of aromatic carboxylic acids is 1. The molecular weight excluding hydrogens is 234 g/mol. The van der Waals surface area contributed by atoms with Crippen molar-refractivity contribution in [3.63, 3.8) is 0 Å². The Morgan fingerprint density at radius 3 is 2.78 bits per heavy atom. The second-order valence-electron chi connectivity index (χ2n) is 3.96. The van der Waals surface area contributed by atoms with E-state index in [2.05, 4.69) is 5.32 Å². The molecule has 5 nitrogen and oxygen atoms in total. The third kappa shape index (κ3) is 2.63. The zero-order chi connectivity index (χ0) is 13.1. The summed E-state index contributed by atoms with van der Waals surface area (Å²) in [6.07, 6.45) is 1.20. The molecule has 0 saturated heterocycles. The molecule has 94 valence electrons. The van der Waals surface area contributed by atoms with Crippen LogP contribution < -0.4 is 5.32 Å². The van der Waals surface area contributed by atoms with E-state index in [9.17, 15) is 9.90 Å². The third-order valence-electron chi connectivity index (χ3n) is 2.58. The highest BCUT2D eigenvalue weighted by Crippen LogP contribution is 2.21. The van der Waals surface area contributed by atoms with Gasteiger partial charge in [0.2, 0.25) is 0 Å². The normalized spacial score (nSPS) is 10.3. The fourth-order valence-electron chi connectivity index (χ4n) is 1.49. The molecule has 0 spiro atoms. The fraction of sp³-hybridized carbons (Fsp3) is 0.154. The van der Waals surface area contributed by atoms with E-state index in [1.165, 1.54) is 12.3 Å². The first kappa shape index (κ1) is 12.0. The van der Waals surface area contributed by atoms with E-state index in [0.717, 1.165) is 11.3 Å². The molecular formula is C13H13NO4. The molecule has 0 unspecified atom stereocenters. The molecule has 0 saturated carbocycles. The molecule has 18 heavy (non-hydrogen) atoms. The SMILES string of the molecule is Cc1ccc(NCc2cc(C(=O)O)co2)cc1O. The number of anilines is 1. The Morgan fingerprint density at radius 1 is 1.39 bits per heavy atom. The molecule has 5 heteroatoms. The monoisotopic (exact) mass is 247 g/mol. The van der Waals surface area contributed by atoms with Gasteiger partial charge in [-0.15, -0.1) is 0 Å². The zero-order valence-electron chi connectivity index (χ0n) is 9.80. The number of furan rings is 1. The Kier molecular flexibility index (Phi) is 3.23. The van der Waals surface area contributed by atoms with Crippen molar-refractivity contribution >= 4 is 11.7 Å². The van der Waals surface area contributed by atoms with Gasteiger partial charge in [0.15, 0.2) is 0 Å². The average molecular weight is 247 g/mol. The minimum atomic E-state index is -1.02. The van der Waals surface area contributed by atoms with E-state index in [1.807, 2.05) is 13.0 Å². The molecule has 0 amide bonds. The van der Waals surface area contributed by atoms with Crippen LogP contribution in [0.25, 0.3) is 0 Å². The molecule has 1 heterocycles. The summed E-state index contributed by atoms with van der Waals surface area (Å²) in [5, 5.41) is 21.3. The van der Waals surface area contributed by atoms with Crippen molar-refractivity contribution in [2.75, 3.05) is 5.32 Å². The lowest BCUT2D eigenvalue weighted by atomic mass is 10.2. The average Bonchev–Trinajstić information content (AvgIpc) is 2.79. The molecule has 0 aliphatic rings. The van der Waals surface area contributed by atoms with Gasteiger partial charge in [-0.25, -0.2) is 4.79 Å². The summed E-state index contributed by atoms with van der Waals surface area (Å²) < 4.78 is 5.10. The third-order valence-corrected chi connectivity index (χ3v) is 2.58. The number of hydrogen-bond donors (Lipinski definition) is 3. The summed E-state index contributed by atoms with van der Waals surface area (Å²) in [6.45, 7) is 2.17. The van der Waals surface area contributed by atoms with Crippen molar-refractivity contribution in [3.8, 4) is 5.75 Å². The quantitative estimate of drug-likeness (QED) is 0.773. The van der Waals surface area contributed by atoms with Crippen LogP contribution in [0.15, 0.2) is 34.9 Å². The molecule has 3 N–H and O–H groups in total. The maximum atomic E-state index is 10.7. The number of benzene rings is 1. The van der Waals surface area contributed by atoms with E-state index in [-0.39, 0.29) is 11.3 Å². The standard InChI is InChI=1S/C13H13NO4/c1-8-2-3-10(5-12(8)15)14-6-11-4-9(7-18-11)13(16)17/h2-5,7,14-15H,6H2,1H3,(H,16,17). The topological polar surface area (TPSA) is 82.7 Å². The van der Waals surface area contributed by atoms with Gasteiger partial charge in [0.1, 0.15) is 17.8 Å². The van der Waals surface area contributed by atoms with Crippen LogP contribution in [-0.2, 0) is 6.54 Å². The van der Waals surface area contributed by atoms with Crippen LogP contribution >= 0.6 is 0 Å². The van der Waals surface area contributed by atoms with Gasteiger partial charge in [0.05, 0.1) is 12.1 Å². The molecule has 1 aromatic carbocycles. The maximum Gasteiger partial charge on any atom is 0.338 e. The number of carboxylic acids is 1. The second-order valence-corrected chi connectivity index (χ2v) is 3.96. The first-order valence-corrected chi connectivity index (χ1v) is 5.40. The number of aromatic hydroxyl groups is 1. The van der Waals surface area contributed by atoms with Gasteiger partial charge < -0.3 is 19.9 Å². The number of rotatable bonds is 4. The van der Waals surface area contributed by atoms with Crippen LogP contribution in [0.1, 0.15) is 21.7 Å². The molecule has 2 rings (SSSR count). The van der Waals surface area contributed by atoms with Gasteiger partial charge in [-0.3, -0.25) is 0 Å². The van der Waals surface area contributed by atoms with Crippen LogP contribution in [-0.4, -0.2) is 16.2 Å². The van der Waals surface area contributed by atoms with E-state index in [1.54, 1.807) is 12.1 Å². The molecule has 0 aliphatic carbocycles. The lowest BCUT2D eigenvalue weighted by Crippen LogP contribution is -1.98. The highest BCUT2D eigenvalue weighted by Gasteiger charge is 2.08. The van der Waals surface area contributed by atoms with Gasteiger partial charge in [0, 0.05) is 11.8 Å². The summed E-state index contributed by atoms with van der Waals surface area (Å²) in [5.74, 6) is -0.281. The van der Waals surface area contributed by atoms with Crippen molar-refractivity contribution in [1.29, 1.82) is 0 Å². The molecule has 0 atom stereocenters. The Bertz CT molecular complexity index is 574. The number of hydrogen-bond acceptors (Lipinski definition) is 4. The van der Waals surface area contributed by atoms with Gasteiger partial charge >= 0.3 is 5.97 Å². The van der Waals surface area contributed by atoms with Crippen LogP contribution in [0, 0.1) is 6.92 Å². The lowest BCUT2D eigenvalue weighted by molar-refractivity contribution is 0.0696. The zero-order valence-corrected chi connectivity index (χ0v) is 9.80. The lowest BCUT2D eigenvalue weighted by Gasteiger charge is -2.06. The summed E-state index contributed by atoms with van der Waals surface area (Å²) in [6, 6.07) is 6.69. The molecule has 0 aliphatic heterocycles. The van der Waals surface area contributed by atoms with Gasteiger partial charge in [0.25, 0.3) is 0 Å². The smallest absolute Gasteiger partial charge is 0.338 e. The highest BCUT2D eigenvalue weighted by molar-refractivity contribution is 5.87. The molecule has 2 aromatic rings. The van der Waals surface area contributed by atoms with E-state index < -0.39 is 5.97 Å². The number of nitrogens with one attached hydrogen (secondary N) is 1. The van der Waals surface area contributed by atoms with Gasteiger partial charge in [-0.05, 0) is 24.6 Å². The predicted molar refractivity (Wildman–Crippen MR) is 65.8 cm³/mol. The van der Waals surface area contributed by atoms with Crippen molar-refractivity contribution in [1.82, 2.24) is 0 Å². The summed E-state index contributed by atoms with van der Waals surface area (Å²) in [5.41, 5.74) is 1.66. The van der Waals surface area contributed by atoms with Crippen molar-refractivity contribution in [2.45, 2.75) is 13.5 Å². The molecule has 0 bridgehead atoms. The van der Waals surface area contributed by atoms with Crippen LogP contribution in [0.3, 0.4) is 0 Å². The number of carboxylic acid groups (broad SMARTS) is 1. The van der Waals surface area contributed by atoms with Gasteiger partial charge in [-0.1, -0.05) is 6.07 Å². The van der Waals surface area contributed by atoms with Crippen molar-refractivity contribution < 1.29 is 19.4 Å².